The number of esters is 1. The Labute approximate surface area is 136 Å². The molecule has 0 bridgehead atoms. The number of benzene rings is 1. The summed E-state index contributed by atoms with van der Waals surface area (Å²) in [6.07, 6.45) is 0. The molecule has 0 N–H and O–H groups in total. The van der Waals surface area contributed by atoms with Crippen molar-refractivity contribution in [3.8, 4) is 11.5 Å². The summed E-state index contributed by atoms with van der Waals surface area (Å²) in [7, 11) is 3.09. The van der Waals surface area contributed by atoms with Crippen molar-refractivity contribution in [2.75, 3.05) is 27.4 Å². The van der Waals surface area contributed by atoms with E-state index in [1.807, 2.05) is 18.7 Å². The van der Waals surface area contributed by atoms with Crippen molar-refractivity contribution >= 4 is 11.8 Å². The van der Waals surface area contributed by atoms with Gasteiger partial charge in [-0.05, 0) is 38.5 Å². The molecule has 1 aromatic rings. The molecule has 126 valence electrons. The molecule has 0 saturated heterocycles. The second-order valence-corrected chi connectivity index (χ2v) is 5.91. The van der Waals surface area contributed by atoms with Crippen LogP contribution >= 0.6 is 0 Å². The van der Waals surface area contributed by atoms with Crippen molar-refractivity contribution in [3.05, 3.63) is 23.3 Å². The van der Waals surface area contributed by atoms with Gasteiger partial charge < -0.3 is 14.2 Å². The van der Waals surface area contributed by atoms with Crippen LogP contribution in [0.1, 0.15) is 36.7 Å². The van der Waals surface area contributed by atoms with Gasteiger partial charge in [0, 0.05) is 12.1 Å². The van der Waals surface area contributed by atoms with E-state index in [1.165, 1.54) is 7.11 Å². The van der Waals surface area contributed by atoms with Crippen LogP contribution in [0.3, 0.4) is 0 Å². The van der Waals surface area contributed by atoms with Gasteiger partial charge in [0.05, 0.1) is 32.9 Å². The number of hydrogen-bond donors (Lipinski definition) is 0. The standard InChI is InChI=1S/C17H23NO5/c1-6-23-15(19)10-18-9-11-7-13(21-4)14(22-5)8-12(11)16(20)17(18,2)3/h7-8H,6,9-10H2,1-5H3. The van der Waals surface area contributed by atoms with E-state index in [1.54, 1.807) is 26.2 Å². The number of rotatable bonds is 5. The molecule has 0 radical (unpaired) electrons. The van der Waals surface area contributed by atoms with Gasteiger partial charge in [-0.3, -0.25) is 14.5 Å². The Bertz CT molecular complexity index is 624. The van der Waals surface area contributed by atoms with Gasteiger partial charge in [0.1, 0.15) is 0 Å². The van der Waals surface area contributed by atoms with E-state index in [4.69, 9.17) is 14.2 Å². The molecule has 23 heavy (non-hydrogen) atoms. The van der Waals surface area contributed by atoms with Crippen LogP contribution in [-0.2, 0) is 16.1 Å². The number of ketones is 1. The first-order chi connectivity index (χ1) is 10.8. The maximum absolute atomic E-state index is 12.9. The molecule has 1 aliphatic rings. The molecule has 0 unspecified atom stereocenters. The van der Waals surface area contributed by atoms with E-state index >= 15 is 0 Å². The molecule has 0 aliphatic carbocycles. The Hall–Kier alpha value is -2.08. The summed E-state index contributed by atoms with van der Waals surface area (Å²) in [6, 6.07) is 3.50. The summed E-state index contributed by atoms with van der Waals surface area (Å²) in [5.74, 6) is 0.699. The second-order valence-electron chi connectivity index (χ2n) is 5.91. The Kier molecular flexibility index (Phi) is 4.94. The highest BCUT2D eigenvalue weighted by Crippen LogP contribution is 2.37. The maximum atomic E-state index is 12.9. The van der Waals surface area contributed by atoms with Gasteiger partial charge in [0.25, 0.3) is 0 Å². The predicted molar refractivity (Wildman–Crippen MR) is 85.0 cm³/mol. The Morgan fingerprint density at radius 2 is 1.83 bits per heavy atom. The first kappa shape index (κ1) is 17.3. The summed E-state index contributed by atoms with van der Waals surface area (Å²) < 4.78 is 15.6. The van der Waals surface area contributed by atoms with Gasteiger partial charge in [-0.2, -0.15) is 0 Å². The minimum absolute atomic E-state index is 0.0519. The van der Waals surface area contributed by atoms with E-state index in [-0.39, 0.29) is 18.3 Å². The van der Waals surface area contributed by atoms with Crippen LogP contribution in [-0.4, -0.2) is 49.6 Å². The molecule has 2 rings (SSSR count). The highest BCUT2D eigenvalue weighted by molar-refractivity contribution is 6.05. The first-order valence-corrected chi connectivity index (χ1v) is 7.55. The molecule has 6 nitrogen and oxygen atoms in total. The zero-order chi connectivity index (χ0) is 17.2. The number of methoxy groups -OCH3 is 2. The van der Waals surface area contributed by atoms with Crippen molar-refractivity contribution < 1.29 is 23.8 Å². The van der Waals surface area contributed by atoms with Gasteiger partial charge in [-0.15, -0.1) is 0 Å². The molecule has 0 atom stereocenters. The number of fused-ring (bicyclic) bond motifs is 1. The molecule has 0 saturated carbocycles. The average Bonchev–Trinajstić information content (AvgIpc) is 2.52. The summed E-state index contributed by atoms with van der Waals surface area (Å²) in [5.41, 5.74) is 0.628. The Balaban J connectivity index is 2.40. The minimum atomic E-state index is -0.792. The van der Waals surface area contributed by atoms with Gasteiger partial charge in [-0.25, -0.2) is 0 Å². The molecule has 6 heteroatoms. The lowest BCUT2D eigenvalue weighted by Gasteiger charge is -2.41. The van der Waals surface area contributed by atoms with E-state index in [9.17, 15) is 9.59 Å². The lowest BCUT2D eigenvalue weighted by molar-refractivity contribution is -0.145. The van der Waals surface area contributed by atoms with Crippen LogP contribution < -0.4 is 9.47 Å². The molecule has 1 aromatic carbocycles. The summed E-state index contributed by atoms with van der Waals surface area (Å²) in [5, 5.41) is 0. The largest absolute Gasteiger partial charge is 0.493 e. The van der Waals surface area contributed by atoms with Crippen LogP contribution in [0.5, 0.6) is 11.5 Å². The van der Waals surface area contributed by atoms with Crippen molar-refractivity contribution in [2.24, 2.45) is 0 Å². The number of carbonyl (C=O) groups excluding carboxylic acids is 2. The van der Waals surface area contributed by atoms with Gasteiger partial charge in [0.2, 0.25) is 0 Å². The molecular formula is C17H23NO5. The third-order valence-electron chi connectivity index (χ3n) is 4.19. The minimum Gasteiger partial charge on any atom is -0.493 e. The lowest BCUT2D eigenvalue weighted by Crippen LogP contribution is -2.54. The summed E-state index contributed by atoms with van der Waals surface area (Å²) in [4.78, 5) is 26.5. The Morgan fingerprint density at radius 3 is 2.39 bits per heavy atom. The SMILES string of the molecule is CCOC(=O)CN1Cc2cc(OC)c(OC)cc2C(=O)C1(C)C. The van der Waals surface area contributed by atoms with Crippen molar-refractivity contribution in [1.82, 2.24) is 4.90 Å². The highest BCUT2D eigenvalue weighted by Gasteiger charge is 2.42. The molecule has 0 aromatic heterocycles. The van der Waals surface area contributed by atoms with Crippen molar-refractivity contribution in [2.45, 2.75) is 32.9 Å². The van der Waals surface area contributed by atoms with E-state index in [0.717, 1.165) is 5.56 Å². The lowest BCUT2D eigenvalue weighted by atomic mass is 9.84. The van der Waals surface area contributed by atoms with E-state index in [2.05, 4.69) is 0 Å². The quantitative estimate of drug-likeness (QED) is 0.773. The molecule has 0 spiro atoms. The molecule has 0 fully saturated rings. The van der Waals surface area contributed by atoms with Crippen molar-refractivity contribution in [3.63, 3.8) is 0 Å². The number of ether oxygens (including phenoxy) is 3. The zero-order valence-electron chi connectivity index (χ0n) is 14.3. The van der Waals surface area contributed by atoms with Gasteiger partial charge in [0.15, 0.2) is 17.3 Å². The fourth-order valence-electron chi connectivity index (χ4n) is 2.76. The van der Waals surface area contributed by atoms with Crippen LogP contribution in [0, 0.1) is 0 Å². The number of Topliss-reactive ketones (excluding diaryl/α,β-unsaturated/α-hetero) is 1. The van der Waals surface area contributed by atoms with Crippen LogP contribution in [0.4, 0.5) is 0 Å². The van der Waals surface area contributed by atoms with Crippen LogP contribution in [0.25, 0.3) is 0 Å². The maximum Gasteiger partial charge on any atom is 0.320 e. The number of nitrogens with zero attached hydrogens (tertiary/aromatic N) is 1. The molecular weight excluding hydrogens is 298 g/mol. The molecule has 1 heterocycles. The first-order valence-electron chi connectivity index (χ1n) is 7.55. The topological polar surface area (TPSA) is 65.1 Å². The van der Waals surface area contributed by atoms with Crippen LogP contribution in [0.15, 0.2) is 12.1 Å². The smallest absolute Gasteiger partial charge is 0.320 e. The fraction of sp³-hybridized carbons (Fsp3) is 0.529. The van der Waals surface area contributed by atoms with Crippen molar-refractivity contribution in [1.29, 1.82) is 0 Å². The predicted octanol–water partition coefficient (Wildman–Crippen LogP) is 2.04. The highest BCUT2D eigenvalue weighted by atomic mass is 16.5. The van der Waals surface area contributed by atoms with Crippen LogP contribution in [0.2, 0.25) is 0 Å². The van der Waals surface area contributed by atoms with Gasteiger partial charge >= 0.3 is 5.97 Å². The summed E-state index contributed by atoms with van der Waals surface area (Å²) in [6.45, 7) is 6.25. The zero-order valence-corrected chi connectivity index (χ0v) is 14.3. The average molecular weight is 321 g/mol. The molecule has 1 aliphatic heterocycles. The summed E-state index contributed by atoms with van der Waals surface area (Å²) >= 11 is 0. The normalized spacial score (nSPS) is 16.7. The third-order valence-corrected chi connectivity index (χ3v) is 4.19. The number of hydrogen-bond acceptors (Lipinski definition) is 6. The Morgan fingerprint density at radius 1 is 1.22 bits per heavy atom. The fourth-order valence-corrected chi connectivity index (χ4v) is 2.76. The monoisotopic (exact) mass is 321 g/mol. The van der Waals surface area contributed by atoms with E-state index in [0.29, 0.717) is 30.2 Å². The third kappa shape index (κ3) is 3.17. The van der Waals surface area contributed by atoms with E-state index < -0.39 is 5.54 Å². The second kappa shape index (κ2) is 6.58. The number of carbonyl (C=O) groups is 2. The van der Waals surface area contributed by atoms with Gasteiger partial charge in [-0.1, -0.05) is 0 Å². The molecule has 0 amide bonds.